The quantitative estimate of drug-likeness (QED) is 0.766. The lowest BCUT2D eigenvalue weighted by Gasteiger charge is -2.26. The van der Waals surface area contributed by atoms with Gasteiger partial charge in [0.25, 0.3) is 10.0 Å². The Hall–Kier alpha value is -1.44. The van der Waals surface area contributed by atoms with Crippen LogP contribution in [0.5, 0.6) is 0 Å². The van der Waals surface area contributed by atoms with Gasteiger partial charge >= 0.3 is 0 Å². The van der Waals surface area contributed by atoms with Crippen molar-refractivity contribution in [2.45, 2.75) is 11.0 Å². The van der Waals surface area contributed by atoms with Crippen LogP contribution < -0.4 is 4.90 Å². The number of aliphatic hydroxyl groups excluding tert-OH is 2. The molecule has 0 bridgehead atoms. The number of para-hydroxylation sites is 1. The van der Waals surface area contributed by atoms with Crippen molar-refractivity contribution in [3.63, 3.8) is 0 Å². The molecule has 0 fully saturated rings. The average molecular weight is 256 g/mol. The number of anilines is 1. The van der Waals surface area contributed by atoms with E-state index >= 15 is 0 Å². The molecular formula is C10H12N2O4S. The molecular weight excluding hydrogens is 244 g/mol. The Morgan fingerprint density at radius 1 is 1.35 bits per heavy atom. The zero-order valence-corrected chi connectivity index (χ0v) is 9.71. The summed E-state index contributed by atoms with van der Waals surface area (Å²) in [5.74, 6) is 0. The molecule has 2 N–H and O–H groups in total. The topological polar surface area (TPSA) is 90.2 Å². The van der Waals surface area contributed by atoms with E-state index < -0.39 is 16.1 Å². The second-order valence-corrected chi connectivity index (χ2v) is 5.25. The number of sulfonamides is 1. The van der Waals surface area contributed by atoms with Gasteiger partial charge in [-0.05, 0) is 12.1 Å². The van der Waals surface area contributed by atoms with Crippen LogP contribution in [0.3, 0.4) is 0 Å². The molecule has 17 heavy (non-hydrogen) atoms. The molecule has 1 aromatic rings. The summed E-state index contributed by atoms with van der Waals surface area (Å²) >= 11 is 0. The van der Waals surface area contributed by atoms with E-state index in [4.69, 9.17) is 5.11 Å². The first-order valence-corrected chi connectivity index (χ1v) is 6.43. The molecule has 0 amide bonds. The molecule has 7 heteroatoms. The molecule has 0 saturated heterocycles. The number of β-amino-alcohol motifs (C(OH)–C–C–N with tert-alkyl or cyclic N) is 1. The number of aliphatic hydroxyl groups is 2. The van der Waals surface area contributed by atoms with Crippen molar-refractivity contribution < 1.29 is 18.6 Å². The maximum absolute atomic E-state index is 11.6. The monoisotopic (exact) mass is 256 g/mol. The van der Waals surface area contributed by atoms with Gasteiger partial charge in [0, 0.05) is 0 Å². The maximum Gasteiger partial charge on any atom is 0.285 e. The summed E-state index contributed by atoms with van der Waals surface area (Å²) in [5.41, 5.74) is 0.454. The minimum atomic E-state index is -3.63. The third-order valence-electron chi connectivity index (χ3n) is 2.40. The Kier molecular flexibility index (Phi) is 3.14. The summed E-state index contributed by atoms with van der Waals surface area (Å²) in [6.45, 7) is -0.300. The Bertz CT molecular complexity index is 541. The maximum atomic E-state index is 11.6. The van der Waals surface area contributed by atoms with Crippen molar-refractivity contribution in [2.75, 3.05) is 18.1 Å². The Morgan fingerprint density at radius 3 is 2.76 bits per heavy atom. The van der Waals surface area contributed by atoms with Crippen LogP contribution in [0.4, 0.5) is 5.69 Å². The molecule has 0 radical (unpaired) electrons. The van der Waals surface area contributed by atoms with Crippen LogP contribution in [-0.2, 0) is 10.0 Å². The normalized spacial score (nSPS) is 18.8. The predicted molar refractivity (Wildman–Crippen MR) is 62.6 cm³/mol. The second-order valence-electron chi connectivity index (χ2n) is 3.65. The number of fused-ring (bicyclic) bond motifs is 1. The minimum Gasteiger partial charge on any atom is -0.394 e. The first kappa shape index (κ1) is 12.0. The molecule has 0 spiro atoms. The number of hydrogen-bond donors (Lipinski definition) is 2. The van der Waals surface area contributed by atoms with E-state index in [-0.39, 0.29) is 18.0 Å². The number of rotatable bonds is 3. The van der Waals surface area contributed by atoms with Crippen LogP contribution in [0.2, 0.25) is 0 Å². The van der Waals surface area contributed by atoms with Crippen molar-refractivity contribution in [2.24, 2.45) is 4.40 Å². The summed E-state index contributed by atoms with van der Waals surface area (Å²) in [5, 5.41) is 18.1. The van der Waals surface area contributed by atoms with E-state index in [1.807, 2.05) is 0 Å². The van der Waals surface area contributed by atoms with E-state index in [0.717, 1.165) is 6.34 Å². The van der Waals surface area contributed by atoms with Crippen molar-refractivity contribution >= 4 is 22.0 Å². The summed E-state index contributed by atoms with van der Waals surface area (Å²) < 4.78 is 26.7. The number of benzene rings is 1. The van der Waals surface area contributed by atoms with Gasteiger partial charge in [-0.3, -0.25) is 0 Å². The first-order valence-electron chi connectivity index (χ1n) is 4.99. The van der Waals surface area contributed by atoms with Crippen LogP contribution in [0.15, 0.2) is 33.6 Å². The zero-order chi connectivity index (χ0) is 12.5. The molecule has 6 nitrogen and oxygen atoms in total. The van der Waals surface area contributed by atoms with Crippen molar-refractivity contribution in [3.05, 3.63) is 24.3 Å². The SMILES string of the molecule is O=S1(=O)N=CN(CC(O)CO)c2ccccc21. The molecule has 1 heterocycles. The van der Waals surface area contributed by atoms with Crippen LogP contribution in [0.25, 0.3) is 0 Å². The third-order valence-corrected chi connectivity index (χ3v) is 3.67. The summed E-state index contributed by atoms with van der Waals surface area (Å²) in [4.78, 5) is 1.60. The molecule has 1 aliphatic heterocycles. The molecule has 2 rings (SSSR count). The van der Waals surface area contributed by atoms with Crippen LogP contribution in [-0.4, -0.2) is 44.2 Å². The summed E-state index contributed by atoms with van der Waals surface area (Å²) in [6, 6.07) is 6.39. The molecule has 1 aromatic carbocycles. The lowest BCUT2D eigenvalue weighted by Crippen LogP contribution is -2.36. The van der Waals surface area contributed by atoms with E-state index in [2.05, 4.69) is 4.40 Å². The van der Waals surface area contributed by atoms with Gasteiger partial charge in [-0.15, -0.1) is 4.40 Å². The lowest BCUT2D eigenvalue weighted by atomic mass is 10.2. The highest BCUT2D eigenvalue weighted by molar-refractivity contribution is 7.90. The second kappa shape index (κ2) is 4.44. The molecule has 0 aromatic heterocycles. The zero-order valence-electron chi connectivity index (χ0n) is 8.89. The van der Waals surface area contributed by atoms with Crippen LogP contribution >= 0.6 is 0 Å². The third kappa shape index (κ3) is 2.31. The van der Waals surface area contributed by atoms with Gasteiger partial charge < -0.3 is 15.1 Å². The first-order chi connectivity index (χ1) is 8.04. The number of hydrogen-bond acceptors (Lipinski definition) is 5. The van der Waals surface area contributed by atoms with E-state index in [9.17, 15) is 13.5 Å². The van der Waals surface area contributed by atoms with E-state index in [1.54, 1.807) is 18.2 Å². The predicted octanol–water partition coefficient (Wildman–Crippen LogP) is -0.423. The van der Waals surface area contributed by atoms with Gasteiger partial charge in [0.1, 0.15) is 11.2 Å². The Balaban J connectivity index is 2.40. The van der Waals surface area contributed by atoms with E-state index in [0.29, 0.717) is 5.69 Å². The fraction of sp³-hybridized carbons (Fsp3) is 0.300. The Morgan fingerprint density at radius 2 is 2.06 bits per heavy atom. The highest BCUT2D eigenvalue weighted by atomic mass is 32.2. The van der Waals surface area contributed by atoms with E-state index in [1.165, 1.54) is 11.0 Å². The number of nitrogens with zero attached hydrogens (tertiary/aromatic N) is 2. The molecule has 1 atom stereocenters. The lowest BCUT2D eigenvalue weighted by molar-refractivity contribution is 0.102. The van der Waals surface area contributed by atoms with Gasteiger partial charge in [0.05, 0.1) is 24.9 Å². The molecule has 1 aliphatic rings. The highest BCUT2D eigenvalue weighted by Gasteiger charge is 2.25. The van der Waals surface area contributed by atoms with Crippen molar-refractivity contribution in [1.82, 2.24) is 0 Å². The smallest absolute Gasteiger partial charge is 0.285 e. The molecule has 0 saturated carbocycles. The largest absolute Gasteiger partial charge is 0.394 e. The summed E-state index contributed by atoms with van der Waals surface area (Å²) in [6.07, 6.45) is 0.201. The standard InChI is InChI=1S/C10H12N2O4S/c13-6-8(14)5-12-7-11-17(15,16)10-4-2-1-3-9(10)12/h1-4,7-8,13-14H,5-6H2. The fourth-order valence-electron chi connectivity index (χ4n) is 1.58. The van der Waals surface area contributed by atoms with Gasteiger partial charge in [-0.25, -0.2) is 0 Å². The van der Waals surface area contributed by atoms with Crippen molar-refractivity contribution in [1.29, 1.82) is 0 Å². The summed E-state index contributed by atoms with van der Waals surface area (Å²) in [7, 11) is -3.63. The van der Waals surface area contributed by atoms with Crippen molar-refractivity contribution in [3.8, 4) is 0 Å². The van der Waals surface area contributed by atoms with Gasteiger partial charge in [-0.2, -0.15) is 8.42 Å². The average Bonchev–Trinajstić information content (AvgIpc) is 2.33. The Labute approximate surface area is 98.9 Å². The fourth-order valence-corrected chi connectivity index (χ4v) is 2.63. The molecule has 1 unspecified atom stereocenters. The minimum absolute atomic E-state index is 0.0898. The highest BCUT2D eigenvalue weighted by Crippen LogP contribution is 2.28. The van der Waals surface area contributed by atoms with Crippen LogP contribution in [0.1, 0.15) is 0 Å². The molecule has 0 aliphatic carbocycles. The van der Waals surface area contributed by atoms with Gasteiger partial charge in [0.2, 0.25) is 0 Å². The van der Waals surface area contributed by atoms with Gasteiger partial charge in [-0.1, -0.05) is 12.1 Å². The van der Waals surface area contributed by atoms with Crippen LogP contribution in [0, 0.1) is 0 Å². The molecule has 92 valence electrons. The van der Waals surface area contributed by atoms with Gasteiger partial charge in [0.15, 0.2) is 0 Å².